The Bertz CT molecular complexity index is 417. The summed E-state index contributed by atoms with van der Waals surface area (Å²) in [5.41, 5.74) is 8.71. The maximum absolute atomic E-state index is 6.05. The Balaban J connectivity index is 2.14. The second-order valence-corrected chi connectivity index (χ2v) is 5.86. The molecule has 0 amide bonds. The van der Waals surface area contributed by atoms with Gasteiger partial charge in [0.15, 0.2) is 0 Å². The van der Waals surface area contributed by atoms with Crippen molar-refractivity contribution in [3.05, 3.63) is 29.3 Å². The van der Waals surface area contributed by atoms with E-state index in [-0.39, 0.29) is 0 Å². The molecule has 0 bridgehead atoms. The van der Waals surface area contributed by atoms with E-state index in [9.17, 15) is 0 Å². The molecule has 0 saturated carbocycles. The molecule has 2 rings (SSSR count). The van der Waals surface area contributed by atoms with Gasteiger partial charge in [0.25, 0.3) is 0 Å². The average Bonchev–Trinajstić information content (AvgIpc) is 2.38. The summed E-state index contributed by atoms with van der Waals surface area (Å²) < 4.78 is 5.49. The SMILES string of the molecule is COc1ccc(C(C)C)cc1CN1CCCC(N)C1. The molecule has 1 aliphatic rings. The molecule has 19 heavy (non-hydrogen) atoms. The minimum atomic E-state index is 0.327. The van der Waals surface area contributed by atoms with E-state index < -0.39 is 0 Å². The number of ether oxygens (including phenoxy) is 1. The van der Waals surface area contributed by atoms with Gasteiger partial charge in [0.2, 0.25) is 0 Å². The summed E-state index contributed by atoms with van der Waals surface area (Å²) >= 11 is 0. The van der Waals surface area contributed by atoms with Crippen molar-refractivity contribution in [2.24, 2.45) is 5.73 Å². The number of hydrogen-bond donors (Lipinski definition) is 1. The third kappa shape index (κ3) is 3.71. The Labute approximate surface area is 116 Å². The summed E-state index contributed by atoms with van der Waals surface area (Å²) in [7, 11) is 1.75. The molecule has 1 saturated heterocycles. The van der Waals surface area contributed by atoms with E-state index in [2.05, 4.69) is 36.9 Å². The van der Waals surface area contributed by atoms with Gasteiger partial charge in [-0.1, -0.05) is 26.0 Å². The van der Waals surface area contributed by atoms with Gasteiger partial charge in [0, 0.05) is 24.7 Å². The standard InChI is InChI=1S/C16H26N2O/c1-12(2)13-6-7-16(19-3)14(9-13)10-18-8-4-5-15(17)11-18/h6-7,9,12,15H,4-5,8,10-11,17H2,1-3H3. The van der Waals surface area contributed by atoms with Crippen LogP contribution in [0.5, 0.6) is 5.75 Å². The lowest BCUT2D eigenvalue weighted by Crippen LogP contribution is -2.42. The van der Waals surface area contributed by atoms with Gasteiger partial charge in [-0.05, 0) is 36.9 Å². The van der Waals surface area contributed by atoms with Gasteiger partial charge in [0.1, 0.15) is 5.75 Å². The first-order valence-electron chi connectivity index (χ1n) is 7.25. The minimum absolute atomic E-state index is 0.327. The Kier molecular flexibility index (Phi) is 4.83. The molecule has 3 nitrogen and oxygen atoms in total. The molecule has 1 fully saturated rings. The van der Waals surface area contributed by atoms with Gasteiger partial charge in [-0.15, -0.1) is 0 Å². The lowest BCUT2D eigenvalue weighted by atomic mass is 9.99. The highest BCUT2D eigenvalue weighted by atomic mass is 16.5. The average molecular weight is 262 g/mol. The van der Waals surface area contributed by atoms with Gasteiger partial charge in [-0.25, -0.2) is 0 Å². The largest absolute Gasteiger partial charge is 0.496 e. The van der Waals surface area contributed by atoms with Crippen LogP contribution in [0.25, 0.3) is 0 Å². The molecular weight excluding hydrogens is 236 g/mol. The summed E-state index contributed by atoms with van der Waals surface area (Å²) in [6, 6.07) is 6.86. The van der Waals surface area contributed by atoms with E-state index in [0.717, 1.165) is 31.8 Å². The van der Waals surface area contributed by atoms with Crippen LogP contribution in [0.15, 0.2) is 18.2 Å². The maximum Gasteiger partial charge on any atom is 0.123 e. The molecule has 1 aromatic rings. The second kappa shape index (κ2) is 6.40. The Morgan fingerprint density at radius 3 is 2.84 bits per heavy atom. The van der Waals surface area contributed by atoms with Crippen LogP contribution in [0.3, 0.4) is 0 Å². The highest BCUT2D eigenvalue weighted by molar-refractivity contribution is 5.38. The minimum Gasteiger partial charge on any atom is -0.496 e. The lowest BCUT2D eigenvalue weighted by Gasteiger charge is -2.31. The predicted molar refractivity (Wildman–Crippen MR) is 79.6 cm³/mol. The summed E-state index contributed by atoms with van der Waals surface area (Å²) in [5.74, 6) is 1.54. The van der Waals surface area contributed by atoms with Crippen LogP contribution in [0.2, 0.25) is 0 Å². The zero-order valence-corrected chi connectivity index (χ0v) is 12.4. The molecule has 1 aromatic carbocycles. The van der Waals surface area contributed by atoms with Crippen molar-refractivity contribution in [2.75, 3.05) is 20.2 Å². The van der Waals surface area contributed by atoms with Crippen molar-refractivity contribution in [2.45, 2.75) is 45.2 Å². The molecule has 3 heteroatoms. The fourth-order valence-electron chi connectivity index (χ4n) is 2.76. The maximum atomic E-state index is 6.05. The Hall–Kier alpha value is -1.06. The van der Waals surface area contributed by atoms with Crippen molar-refractivity contribution in [1.29, 1.82) is 0 Å². The van der Waals surface area contributed by atoms with E-state index >= 15 is 0 Å². The van der Waals surface area contributed by atoms with Crippen molar-refractivity contribution in [1.82, 2.24) is 4.90 Å². The summed E-state index contributed by atoms with van der Waals surface area (Å²) in [6.45, 7) is 7.53. The van der Waals surface area contributed by atoms with Gasteiger partial charge in [0.05, 0.1) is 7.11 Å². The molecule has 106 valence electrons. The normalized spacial score (nSPS) is 20.8. The van der Waals surface area contributed by atoms with Crippen LogP contribution < -0.4 is 10.5 Å². The molecule has 1 unspecified atom stereocenters. The van der Waals surface area contributed by atoms with E-state index in [4.69, 9.17) is 10.5 Å². The van der Waals surface area contributed by atoms with Crippen LogP contribution in [-0.2, 0) is 6.54 Å². The fraction of sp³-hybridized carbons (Fsp3) is 0.625. The number of benzene rings is 1. The van der Waals surface area contributed by atoms with Gasteiger partial charge in [-0.2, -0.15) is 0 Å². The van der Waals surface area contributed by atoms with E-state index in [0.29, 0.717) is 12.0 Å². The summed E-state index contributed by atoms with van der Waals surface area (Å²) in [5, 5.41) is 0. The second-order valence-electron chi connectivity index (χ2n) is 5.86. The number of hydrogen-bond acceptors (Lipinski definition) is 3. The number of rotatable bonds is 4. The zero-order valence-electron chi connectivity index (χ0n) is 12.4. The molecular formula is C16H26N2O. The first-order valence-corrected chi connectivity index (χ1v) is 7.25. The van der Waals surface area contributed by atoms with Crippen molar-refractivity contribution < 1.29 is 4.74 Å². The molecule has 1 heterocycles. The van der Waals surface area contributed by atoms with Gasteiger partial charge < -0.3 is 10.5 Å². The Morgan fingerprint density at radius 1 is 1.42 bits per heavy atom. The highest BCUT2D eigenvalue weighted by Crippen LogP contribution is 2.26. The fourth-order valence-corrected chi connectivity index (χ4v) is 2.76. The quantitative estimate of drug-likeness (QED) is 0.906. The molecule has 0 aromatic heterocycles. The number of nitrogens with zero attached hydrogens (tertiary/aromatic N) is 1. The number of likely N-dealkylation sites (tertiary alicyclic amines) is 1. The van der Waals surface area contributed by atoms with Crippen LogP contribution in [0.1, 0.15) is 43.7 Å². The van der Waals surface area contributed by atoms with Crippen LogP contribution in [0.4, 0.5) is 0 Å². The zero-order chi connectivity index (χ0) is 13.8. The third-order valence-electron chi connectivity index (χ3n) is 3.91. The number of methoxy groups -OCH3 is 1. The number of piperidine rings is 1. The van der Waals surface area contributed by atoms with Crippen molar-refractivity contribution in [3.63, 3.8) is 0 Å². The molecule has 1 atom stereocenters. The van der Waals surface area contributed by atoms with E-state index in [1.165, 1.54) is 17.5 Å². The predicted octanol–water partition coefficient (Wildman–Crippen LogP) is 2.74. The molecule has 0 spiro atoms. The van der Waals surface area contributed by atoms with Crippen LogP contribution >= 0.6 is 0 Å². The van der Waals surface area contributed by atoms with Crippen LogP contribution in [-0.4, -0.2) is 31.1 Å². The van der Waals surface area contributed by atoms with Gasteiger partial charge >= 0.3 is 0 Å². The monoisotopic (exact) mass is 262 g/mol. The molecule has 0 aliphatic carbocycles. The number of nitrogens with two attached hydrogens (primary N) is 1. The molecule has 0 radical (unpaired) electrons. The summed E-state index contributed by atoms with van der Waals surface area (Å²) in [6.07, 6.45) is 2.35. The molecule has 1 aliphatic heterocycles. The van der Waals surface area contributed by atoms with E-state index in [1.807, 2.05) is 0 Å². The highest BCUT2D eigenvalue weighted by Gasteiger charge is 2.18. The third-order valence-corrected chi connectivity index (χ3v) is 3.91. The molecule has 2 N–H and O–H groups in total. The summed E-state index contributed by atoms with van der Waals surface area (Å²) in [4.78, 5) is 2.44. The smallest absolute Gasteiger partial charge is 0.123 e. The lowest BCUT2D eigenvalue weighted by molar-refractivity contribution is 0.199. The van der Waals surface area contributed by atoms with Crippen LogP contribution in [0, 0.1) is 0 Å². The first kappa shape index (κ1) is 14.4. The topological polar surface area (TPSA) is 38.5 Å². The van der Waals surface area contributed by atoms with Gasteiger partial charge in [-0.3, -0.25) is 4.90 Å². The Morgan fingerprint density at radius 2 is 2.21 bits per heavy atom. The van der Waals surface area contributed by atoms with Crippen molar-refractivity contribution >= 4 is 0 Å². The van der Waals surface area contributed by atoms with E-state index in [1.54, 1.807) is 7.11 Å². The first-order chi connectivity index (χ1) is 9.10. The van der Waals surface area contributed by atoms with Crippen molar-refractivity contribution in [3.8, 4) is 5.75 Å².